The number of hydrogen-bond donors (Lipinski definition) is 2. The van der Waals surface area contributed by atoms with E-state index in [0.29, 0.717) is 24.8 Å². The van der Waals surface area contributed by atoms with Gasteiger partial charge in [0.2, 0.25) is 0 Å². The van der Waals surface area contributed by atoms with Crippen molar-refractivity contribution in [2.75, 3.05) is 64.4 Å². The van der Waals surface area contributed by atoms with Crippen LogP contribution in [0.15, 0.2) is 24.3 Å². The lowest BCUT2D eigenvalue weighted by Gasteiger charge is -2.38. The minimum absolute atomic E-state index is 0.0234. The Labute approximate surface area is 151 Å². The van der Waals surface area contributed by atoms with E-state index < -0.39 is 0 Å². The topological polar surface area (TPSA) is 56.8 Å². The van der Waals surface area contributed by atoms with Crippen molar-refractivity contribution >= 4 is 11.6 Å². The molecule has 6 nitrogen and oxygen atoms in total. The minimum Gasteiger partial charge on any atom is -0.383 e. The van der Waals surface area contributed by atoms with Gasteiger partial charge in [0.15, 0.2) is 0 Å². The molecule has 0 aliphatic carbocycles. The summed E-state index contributed by atoms with van der Waals surface area (Å²) < 4.78 is 4.96. The molecule has 1 fully saturated rings. The van der Waals surface area contributed by atoms with Gasteiger partial charge in [-0.2, -0.15) is 0 Å². The molecule has 0 unspecified atom stereocenters. The third kappa shape index (κ3) is 6.30. The lowest BCUT2D eigenvalue weighted by atomic mass is 10.1. The van der Waals surface area contributed by atoms with Gasteiger partial charge in [-0.3, -0.25) is 9.69 Å². The first kappa shape index (κ1) is 19.7. The van der Waals surface area contributed by atoms with Crippen LogP contribution in [0.3, 0.4) is 0 Å². The molecule has 0 aromatic heterocycles. The van der Waals surface area contributed by atoms with Crippen molar-refractivity contribution in [1.82, 2.24) is 15.5 Å². The normalized spacial score (nSPS) is 15.6. The van der Waals surface area contributed by atoms with Crippen LogP contribution in [-0.2, 0) is 4.74 Å². The summed E-state index contributed by atoms with van der Waals surface area (Å²) in [5.41, 5.74) is 1.91. The van der Waals surface area contributed by atoms with Crippen molar-refractivity contribution in [3.63, 3.8) is 0 Å². The van der Waals surface area contributed by atoms with E-state index >= 15 is 0 Å². The Balaban J connectivity index is 1.75. The highest BCUT2D eigenvalue weighted by Crippen LogP contribution is 2.18. The Morgan fingerprint density at radius 1 is 1.08 bits per heavy atom. The molecule has 1 heterocycles. The summed E-state index contributed by atoms with van der Waals surface area (Å²) in [5, 5.41) is 6.14. The molecule has 0 radical (unpaired) electrons. The molecule has 1 aliphatic rings. The number of carbonyl (C=O) groups excluding carboxylic acids is 1. The average Bonchev–Trinajstić information content (AvgIpc) is 2.64. The maximum Gasteiger partial charge on any atom is 0.251 e. The van der Waals surface area contributed by atoms with Gasteiger partial charge >= 0.3 is 0 Å². The van der Waals surface area contributed by atoms with Crippen LogP contribution >= 0.6 is 0 Å². The summed E-state index contributed by atoms with van der Waals surface area (Å²) in [6, 6.07) is 8.54. The summed E-state index contributed by atoms with van der Waals surface area (Å²) in [5.74, 6) is -0.0234. The molecule has 1 saturated heterocycles. The number of hydrogen-bond acceptors (Lipinski definition) is 5. The van der Waals surface area contributed by atoms with E-state index in [-0.39, 0.29) is 5.91 Å². The molecule has 0 spiro atoms. The Kier molecular flexibility index (Phi) is 8.18. The molecule has 1 aromatic rings. The van der Waals surface area contributed by atoms with Gasteiger partial charge in [0.05, 0.1) is 6.61 Å². The second-order valence-corrected chi connectivity index (χ2v) is 6.66. The maximum atomic E-state index is 12.2. The molecule has 0 saturated carbocycles. The number of anilines is 1. The van der Waals surface area contributed by atoms with E-state index in [0.717, 1.165) is 39.3 Å². The largest absolute Gasteiger partial charge is 0.383 e. The van der Waals surface area contributed by atoms with Crippen LogP contribution in [0, 0.1) is 0 Å². The highest BCUT2D eigenvalue weighted by atomic mass is 16.5. The quantitative estimate of drug-likeness (QED) is 0.657. The van der Waals surface area contributed by atoms with Crippen molar-refractivity contribution in [2.24, 2.45) is 0 Å². The summed E-state index contributed by atoms with van der Waals surface area (Å²) in [7, 11) is 1.68. The van der Waals surface area contributed by atoms with Gasteiger partial charge in [0.25, 0.3) is 5.91 Å². The van der Waals surface area contributed by atoms with Crippen molar-refractivity contribution in [3.8, 4) is 0 Å². The van der Waals surface area contributed by atoms with Crippen molar-refractivity contribution in [3.05, 3.63) is 29.8 Å². The molecule has 25 heavy (non-hydrogen) atoms. The molecule has 1 aliphatic heterocycles. The second-order valence-electron chi connectivity index (χ2n) is 6.66. The molecule has 1 aromatic carbocycles. The number of rotatable bonds is 9. The number of piperazine rings is 1. The zero-order valence-corrected chi connectivity index (χ0v) is 15.8. The first-order valence-electron chi connectivity index (χ1n) is 9.18. The van der Waals surface area contributed by atoms with Gasteiger partial charge < -0.3 is 20.3 Å². The third-order valence-corrected chi connectivity index (χ3v) is 4.61. The van der Waals surface area contributed by atoms with Gasteiger partial charge in [-0.25, -0.2) is 0 Å². The summed E-state index contributed by atoms with van der Waals surface area (Å²) in [6.45, 7) is 11.6. The average molecular weight is 348 g/mol. The lowest BCUT2D eigenvalue weighted by molar-refractivity contribution is 0.0953. The number of amides is 1. The zero-order valence-electron chi connectivity index (χ0n) is 15.8. The predicted molar refractivity (Wildman–Crippen MR) is 102 cm³/mol. The van der Waals surface area contributed by atoms with Crippen molar-refractivity contribution < 1.29 is 9.53 Å². The number of methoxy groups -OCH3 is 1. The highest BCUT2D eigenvalue weighted by molar-refractivity contribution is 5.94. The number of nitrogens with one attached hydrogen (secondary N) is 2. The van der Waals surface area contributed by atoms with Gasteiger partial charge in [-0.1, -0.05) is 0 Å². The Bertz CT molecular complexity index is 511. The van der Waals surface area contributed by atoms with Crippen LogP contribution in [0.5, 0.6) is 0 Å². The molecule has 6 heteroatoms. The smallest absolute Gasteiger partial charge is 0.251 e. The predicted octanol–water partition coefficient (Wildman–Crippen LogP) is 1.18. The Morgan fingerprint density at radius 3 is 2.36 bits per heavy atom. The number of carbonyl (C=O) groups is 1. The van der Waals surface area contributed by atoms with Gasteiger partial charge in [0.1, 0.15) is 0 Å². The monoisotopic (exact) mass is 348 g/mol. The van der Waals surface area contributed by atoms with Crippen molar-refractivity contribution in [2.45, 2.75) is 19.9 Å². The van der Waals surface area contributed by atoms with E-state index in [4.69, 9.17) is 4.74 Å². The van der Waals surface area contributed by atoms with E-state index in [1.807, 2.05) is 12.1 Å². The van der Waals surface area contributed by atoms with Crippen LogP contribution in [0.4, 0.5) is 5.69 Å². The molecule has 0 bridgehead atoms. The number of ether oxygens (including phenoxy) is 1. The Morgan fingerprint density at radius 2 is 1.76 bits per heavy atom. The number of nitrogens with zero attached hydrogens (tertiary/aromatic N) is 2. The SMILES string of the molecule is COCCNCCNC(=O)c1ccc(N2CCN(C(C)C)CC2)cc1. The van der Waals surface area contributed by atoms with Gasteiger partial charge in [-0.05, 0) is 38.1 Å². The fourth-order valence-electron chi connectivity index (χ4n) is 2.99. The van der Waals surface area contributed by atoms with Gasteiger partial charge in [-0.15, -0.1) is 0 Å². The first-order chi connectivity index (χ1) is 12.1. The van der Waals surface area contributed by atoms with E-state index in [2.05, 4.69) is 46.4 Å². The third-order valence-electron chi connectivity index (χ3n) is 4.61. The zero-order chi connectivity index (χ0) is 18.1. The van der Waals surface area contributed by atoms with Crippen LogP contribution in [-0.4, -0.2) is 76.4 Å². The molecule has 2 rings (SSSR count). The maximum absolute atomic E-state index is 12.2. The van der Waals surface area contributed by atoms with E-state index in [1.54, 1.807) is 7.11 Å². The van der Waals surface area contributed by atoms with Crippen LogP contribution in [0.1, 0.15) is 24.2 Å². The fourth-order valence-corrected chi connectivity index (χ4v) is 2.99. The van der Waals surface area contributed by atoms with Crippen LogP contribution in [0.2, 0.25) is 0 Å². The minimum atomic E-state index is -0.0234. The van der Waals surface area contributed by atoms with Crippen LogP contribution in [0.25, 0.3) is 0 Å². The fraction of sp³-hybridized carbons (Fsp3) is 0.632. The Hall–Kier alpha value is -1.63. The molecule has 0 atom stereocenters. The van der Waals surface area contributed by atoms with E-state index in [1.165, 1.54) is 5.69 Å². The molecular weight excluding hydrogens is 316 g/mol. The second kappa shape index (κ2) is 10.4. The standard InChI is InChI=1S/C19H32N4O2/c1-16(2)22-11-13-23(14-12-22)18-6-4-17(5-7-18)19(24)21-9-8-20-10-15-25-3/h4-7,16,20H,8-15H2,1-3H3,(H,21,24). The summed E-state index contributed by atoms with van der Waals surface area (Å²) in [6.07, 6.45) is 0. The highest BCUT2D eigenvalue weighted by Gasteiger charge is 2.19. The molecule has 1 amide bonds. The first-order valence-corrected chi connectivity index (χ1v) is 9.18. The van der Waals surface area contributed by atoms with E-state index in [9.17, 15) is 4.79 Å². The molecule has 2 N–H and O–H groups in total. The lowest BCUT2D eigenvalue weighted by Crippen LogP contribution is -2.48. The summed E-state index contributed by atoms with van der Waals surface area (Å²) in [4.78, 5) is 17.0. The number of benzene rings is 1. The molecule has 140 valence electrons. The molecular formula is C19H32N4O2. The van der Waals surface area contributed by atoms with Crippen LogP contribution < -0.4 is 15.5 Å². The van der Waals surface area contributed by atoms with Crippen molar-refractivity contribution in [1.29, 1.82) is 0 Å². The summed E-state index contributed by atoms with van der Waals surface area (Å²) >= 11 is 0. The van der Waals surface area contributed by atoms with Gasteiger partial charge in [0, 0.05) is 70.2 Å².